The van der Waals surface area contributed by atoms with E-state index in [9.17, 15) is 4.79 Å². The molecule has 4 heteroatoms. The quantitative estimate of drug-likeness (QED) is 0.920. The van der Waals surface area contributed by atoms with Crippen molar-refractivity contribution in [2.75, 3.05) is 11.9 Å². The maximum absolute atomic E-state index is 11.7. The van der Waals surface area contributed by atoms with Crippen LogP contribution < -0.4 is 5.32 Å². The largest absolute Gasteiger partial charge is 0.367 e. The summed E-state index contributed by atoms with van der Waals surface area (Å²) in [6.45, 7) is 2.54. The Morgan fingerprint density at radius 2 is 2.10 bits per heavy atom. The fraction of sp³-hybridized carbons (Fsp3) is 0.625. The predicted molar refractivity (Wildman–Crippen MR) is 79.5 cm³/mol. The number of carbonyl (C=O) groups excluding carboxylic acids is 1. The van der Waals surface area contributed by atoms with Gasteiger partial charge in [-0.15, -0.1) is 0 Å². The summed E-state index contributed by atoms with van der Waals surface area (Å²) in [5.74, 6) is 1.13. The number of anilines is 1. The van der Waals surface area contributed by atoms with E-state index in [0.717, 1.165) is 25.2 Å². The van der Waals surface area contributed by atoms with Crippen molar-refractivity contribution in [3.05, 3.63) is 23.9 Å². The minimum absolute atomic E-state index is 0.173. The predicted octanol–water partition coefficient (Wildman–Crippen LogP) is 3.12. The molecule has 4 nitrogen and oxygen atoms in total. The van der Waals surface area contributed by atoms with Crippen LogP contribution in [0.2, 0.25) is 0 Å². The molecule has 0 unspecified atom stereocenters. The summed E-state index contributed by atoms with van der Waals surface area (Å²) in [6.07, 6.45) is 9.13. The Balaban J connectivity index is 1.70. The second kappa shape index (κ2) is 5.81. The molecule has 1 aliphatic carbocycles. The van der Waals surface area contributed by atoms with Crippen molar-refractivity contribution in [1.82, 2.24) is 9.88 Å². The first-order valence-corrected chi connectivity index (χ1v) is 7.74. The number of hydrogen-bond donors (Lipinski definition) is 1. The van der Waals surface area contributed by atoms with Gasteiger partial charge in [-0.05, 0) is 50.2 Å². The monoisotopic (exact) mass is 273 g/mol. The molecule has 20 heavy (non-hydrogen) atoms. The molecule has 1 amide bonds. The molecular weight excluding hydrogens is 250 g/mol. The average Bonchev–Trinajstić information content (AvgIpc) is 2.43. The summed E-state index contributed by atoms with van der Waals surface area (Å²) in [5, 5.41) is 3.45. The molecule has 2 aliphatic rings. The third-order valence-electron chi connectivity index (χ3n) is 4.54. The molecule has 1 aromatic heterocycles. The second-order valence-corrected chi connectivity index (χ2v) is 5.97. The standard InChI is InChI=1S/C16H23N3O/c1-12(20)19-10-3-2-7-15(19)13-8-9-16(17-11-13)18-14-5-4-6-14/h8-9,11,14-15H,2-7,10H2,1H3,(H,17,18)/t15-/m0/s1. The highest BCUT2D eigenvalue weighted by molar-refractivity contribution is 5.74. The Morgan fingerprint density at radius 1 is 1.25 bits per heavy atom. The van der Waals surface area contributed by atoms with Crippen LogP contribution in [-0.4, -0.2) is 28.4 Å². The molecular formula is C16H23N3O. The number of rotatable bonds is 3. The molecule has 1 saturated carbocycles. The lowest BCUT2D eigenvalue weighted by atomic mass is 9.93. The van der Waals surface area contributed by atoms with E-state index in [1.54, 1.807) is 6.92 Å². The topological polar surface area (TPSA) is 45.2 Å². The van der Waals surface area contributed by atoms with Crippen LogP contribution >= 0.6 is 0 Å². The third-order valence-corrected chi connectivity index (χ3v) is 4.54. The molecule has 1 aliphatic heterocycles. The SMILES string of the molecule is CC(=O)N1CCCC[C@H]1c1ccc(NC2CCC2)nc1. The molecule has 0 aromatic carbocycles. The molecule has 0 spiro atoms. The number of likely N-dealkylation sites (tertiary alicyclic amines) is 1. The Bertz CT molecular complexity index is 467. The number of piperidine rings is 1. The zero-order valence-electron chi connectivity index (χ0n) is 12.1. The van der Waals surface area contributed by atoms with Gasteiger partial charge in [0.2, 0.25) is 5.91 Å². The number of nitrogens with one attached hydrogen (secondary N) is 1. The van der Waals surface area contributed by atoms with Crippen LogP contribution in [0.4, 0.5) is 5.82 Å². The van der Waals surface area contributed by atoms with Crippen LogP contribution in [0.1, 0.15) is 57.1 Å². The van der Waals surface area contributed by atoms with Crippen LogP contribution in [0.15, 0.2) is 18.3 Å². The molecule has 3 rings (SSSR count). The van der Waals surface area contributed by atoms with Gasteiger partial charge < -0.3 is 10.2 Å². The van der Waals surface area contributed by atoms with Gasteiger partial charge in [-0.25, -0.2) is 4.98 Å². The highest BCUT2D eigenvalue weighted by Gasteiger charge is 2.26. The van der Waals surface area contributed by atoms with Crippen molar-refractivity contribution < 1.29 is 4.79 Å². The molecule has 0 radical (unpaired) electrons. The number of aromatic nitrogens is 1. The highest BCUT2D eigenvalue weighted by Crippen LogP contribution is 2.31. The van der Waals surface area contributed by atoms with Gasteiger partial charge in [-0.3, -0.25) is 4.79 Å². The lowest BCUT2D eigenvalue weighted by Crippen LogP contribution is -2.37. The number of nitrogens with zero attached hydrogens (tertiary/aromatic N) is 2. The first kappa shape index (κ1) is 13.4. The minimum Gasteiger partial charge on any atom is -0.367 e. The van der Waals surface area contributed by atoms with E-state index in [4.69, 9.17) is 0 Å². The highest BCUT2D eigenvalue weighted by atomic mass is 16.2. The summed E-state index contributed by atoms with van der Waals surface area (Å²) < 4.78 is 0. The van der Waals surface area contributed by atoms with Crippen molar-refractivity contribution in [1.29, 1.82) is 0 Å². The molecule has 2 heterocycles. The van der Waals surface area contributed by atoms with Crippen LogP contribution in [0.3, 0.4) is 0 Å². The van der Waals surface area contributed by atoms with Crippen LogP contribution in [0.5, 0.6) is 0 Å². The first-order chi connectivity index (χ1) is 9.74. The lowest BCUT2D eigenvalue weighted by Gasteiger charge is -2.35. The number of hydrogen-bond acceptors (Lipinski definition) is 3. The van der Waals surface area contributed by atoms with Crippen molar-refractivity contribution in [2.45, 2.75) is 57.5 Å². The number of carbonyl (C=O) groups is 1. The lowest BCUT2D eigenvalue weighted by molar-refractivity contribution is -0.132. The summed E-state index contributed by atoms with van der Waals surface area (Å²) in [6, 6.07) is 5.00. The minimum atomic E-state index is 0.173. The molecule has 2 fully saturated rings. The van der Waals surface area contributed by atoms with Crippen molar-refractivity contribution in [2.24, 2.45) is 0 Å². The van der Waals surface area contributed by atoms with Gasteiger partial charge >= 0.3 is 0 Å². The molecule has 1 atom stereocenters. The van der Waals surface area contributed by atoms with E-state index in [-0.39, 0.29) is 11.9 Å². The molecule has 108 valence electrons. The zero-order valence-corrected chi connectivity index (χ0v) is 12.1. The van der Waals surface area contributed by atoms with E-state index in [2.05, 4.69) is 22.4 Å². The van der Waals surface area contributed by atoms with Crippen molar-refractivity contribution >= 4 is 11.7 Å². The van der Waals surface area contributed by atoms with E-state index in [0.29, 0.717) is 6.04 Å². The van der Waals surface area contributed by atoms with Crippen LogP contribution in [0.25, 0.3) is 0 Å². The van der Waals surface area contributed by atoms with Gasteiger partial charge in [0, 0.05) is 25.7 Å². The summed E-state index contributed by atoms with van der Waals surface area (Å²) >= 11 is 0. The second-order valence-electron chi connectivity index (χ2n) is 5.97. The smallest absolute Gasteiger partial charge is 0.219 e. The van der Waals surface area contributed by atoms with E-state index < -0.39 is 0 Å². The fourth-order valence-corrected chi connectivity index (χ4v) is 3.10. The van der Waals surface area contributed by atoms with Gasteiger partial charge in [0.25, 0.3) is 0 Å². The Labute approximate surface area is 120 Å². The Kier molecular flexibility index (Phi) is 3.90. The van der Waals surface area contributed by atoms with Crippen LogP contribution in [-0.2, 0) is 4.79 Å². The third kappa shape index (κ3) is 2.79. The molecule has 1 aromatic rings. The summed E-state index contributed by atoms with van der Waals surface area (Å²) in [4.78, 5) is 18.2. The number of pyridine rings is 1. The normalized spacial score (nSPS) is 23.2. The Hall–Kier alpha value is -1.58. The van der Waals surface area contributed by atoms with Gasteiger partial charge in [0.05, 0.1) is 6.04 Å². The van der Waals surface area contributed by atoms with Gasteiger partial charge in [-0.1, -0.05) is 6.07 Å². The zero-order chi connectivity index (χ0) is 13.9. The maximum Gasteiger partial charge on any atom is 0.219 e. The molecule has 1 saturated heterocycles. The van der Waals surface area contributed by atoms with Gasteiger partial charge in [0.15, 0.2) is 0 Å². The van der Waals surface area contributed by atoms with E-state index in [1.165, 1.54) is 31.2 Å². The summed E-state index contributed by atoms with van der Waals surface area (Å²) in [7, 11) is 0. The van der Waals surface area contributed by atoms with Gasteiger partial charge in [-0.2, -0.15) is 0 Å². The fourth-order valence-electron chi connectivity index (χ4n) is 3.10. The first-order valence-electron chi connectivity index (χ1n) is 7.74. The molecule has 0 bridgehead atoms. The van der Waals surface area contributed by atoms with E-state index in [1.807, 2.05) is 11.1 Å². The number of amides is 1. The molecule has 1 N–H and O–H groups in total. The summed E-state index contributed by atoms with van der Waals surface area (Å²) in [5.41, 5.74) is 1.17. The van der Waals surface area contributed by atoms with Crippen LogP contribution in [0, 0.1) is 0 Å². The van der Waals surface area contributed by atoms with E-state index >= 15 is 0 Å². The Morgan fingerprint density at radius 3 is 2.70 bits per heavy atom. The van der Waals surface area contributed by atoms with Crippen molar-refractivity contribution in [3.63, 3.8) is 0 Å². The van der Waals surface area contributed by atoms with Gasteiger partial charge in [0.1, 0.15) is 5.82 Å². The average molecular weight is 273 g/mol. The maximum atomic E-state index is 11.7. The van der Waals surface area contributed by atoms with Crippen molar-refractivity contribution in [3.8, 4) is 0 Å².